The first-order chi connectivity index (χ1) is 10.0. The Kier molecular flexibility index (Phi) is 6.28. The Balaban J connectivity index is 1.78. The molecule has 1 N–H and O–H groups in total. The van der Waals surface area contributed by atoms with Gasteiger partial charge < -0.3 is 5.32 Å². The summed E-state index contributed by atoms with van der Waals surface area (Å²) < 4.78 is 0. The molecular formula is C18H27ClN2. The standard InChI is InChI=1S/C18H27ClN2/c1-14(2)8-11-21-12-9-18(10-13-21)20-15(3)16-4-6-17(19)7-5-16/h4-8,15,18,20H,9-13H2,1-3H3/t15-/m1/s1. The molecule has 1 aromatic carbocycles. The number of hydrogen-bond acceptors (Lipinski definition) is 2. The first kappa shape index (κ1) is 16.5. The third-order valence-electron chi connectivity index (χ3n) is 4.20. The Bertz CT molecular complexity index is 455. The number of nitrogens with one attached hydrogen (secondary N) is 1. The van der Waals surface area contributed by atoms with E-state index in [1.807, 2.05) is 12.1 Å². The van der Waals surface area contributed by atoms with Crippen molar-refractivity contribution in [3.8, 4) is 0 Å². The molecule has 0 amide bonds. The Labute approximate surface area is 134 Å². The average molecular weight is 307 g/mol. The van der Waals surface area contributed by atoms with E-state index in [-0.39, 0.29) is 0 Å². The molecular weight excluding hydrogens is 280 g/mol. The number of nitrogens with zero attached hydrogens (tertiary/aromatic N) is 1. The molecule has 0 bridgehead atoms. The molecule has 3 heteroatoms. The summed E-state index contributed by atoms with van der Waals surface area (Å²) in [6.07, 6.45) is 4.78. The molecule has 1 aromatic rings. The Morgan fingerprint density at radius 1 is 1.29 bits per heavy atom. The van der Waals surface area contributed by atoms with Crippen LogP contribution in [0.3, 0.4) is 0 Å². The van der Waals surface area contributed by atoms with Crippen LogP contribution in [0.2, 0.25) is 5.02 Å². The number of hydrogen-bond donors (Lipinski definition) is 1. The summed E-state index contributed by atoms with van der Waals surface area (Å²) in [7, 11) is 0. The first-order valence-corrected chi connectivity index (χ1v) is 8.29. The van der Waals surface area contributed by atoms with Crippen LogP contribution < -0.4 is 5.32 Å². The highest BCUT2D eigenvalue weighted by atomic mass is 35.5. The highest BCUT2D eigenvalue weighted by Crippen LogP contribution is 2.19. The minimum atomic E-state index is 0.386. The van der Waals surface area contributed by atoms with Gasteiger partial charge in [-0.2, -0.15) is 0 Å². The smallest absolute Gasteiger partial charge is 0.0406 e. The van der Waals surface area contributed by atoms with Gasteiger partial charge in [0.15, 0.2) is 0 Å². The van der Waals surface area contributed by atoms with Crippen LogP contribution in [-0.4, -0.2) is 30.6 Å². The molecule has 1 saturated heterocycles. The summed E-state index contributed by atoms with van der Waals surface area (Å²) in [5.41, 5.74) is 2.72. The Morgan fingerprint density at radius 2 is 1.90 bits per heavy atom. The SMILES string of the molecule is CC(C)=CCN1CCC(N[C@H](C)c2ccc(Cl)cc2)CC1. The van der Waals surface area contributed by atoms with Gasteiger partial charge in [0.1, 0.15) is 0 Å². The van der Waals surface area contributed by atoms with Gasteiger partial charge in [-0.15, -0.1) is 0 Å². The average Bonchev–Trinajstić information content (AvgIpc) is 2.47. The first-order valence-electron chi connectivity index (χ1n) is 7.92. The zero-order valence-corrected chi connectivity index (χ0v) is 14.2. The second-order valence-electron chi connectivity index (χ2n) is 6.30. The molecule has 0 spiro atoms. The van der Waals surface area contributed by atoms with Gasteiger partial charge in [0.05, 0.1) is 0 Å². The van der Waals surface area contributed by atoms with Gasteiger partial charge in [-0.1, -0.05) is 35.4 Å². The van der Waals surface area contributed by atoms with Crippen LogP contribution in [0.1, 0.15) is 45.2 Å². The van der Waals surface area contributed by atoms with Gasteiger partial charge in [-0.3, -0.25) is 4.90 Å². The molecule has 116 valence electrons. The van der Waals surface area contributed by atoms with Gasteiger partial charge in [0.25, 0.3) is 0 Å². The number of likely N-dealkylation sites (tertiary alicyclic amines) is 1. The summed E-state index contributed by atoms with van der Waals surface area (Å²) in [5, 5.41) is 4.56. The van der Waals surface area contributed by atoms with E-state index in [1.165, 1.54) is 37.1 Å². The van der Waals surface area contributed by atoms with Crippen LogP contribution in [0.15, 0.2) is 35.9 Å². The monoisotopic (exact) mass is 306 g/mol. The molecule has 0 aliphatic carbocycles. The minimum absolute atomic E-state index is 0.386. The molecule has 1 heterocycles. The van der Waals surface area contributed by atoms with E-state index in [0.717, 1.165) is 11.6 Å². The number of allylic oxidation sites excluding steroid dienone is 1. The van der Waals surface area contributed by atoms with Crippen LogP contribution in [0.25, 0.3) is 0 Å². The zero-order chi connectivity index (χ0) is 15.2. The molecule has 1 aliphatic heterocycles. The van der Waals surface area contributed by atoms with E-state index in [4.69, 9.17) is 11.6 Å². The molecule has 0 radical (unpaired) electrons. The van der Waals surface area contributed by atoms with E-state index < -0.39 is 0 Å². The third kappa shape index (κ3) is 5.46. The van der Waals surface area contributed by atoms with Crippen molar-refractivity contribution in [1.29, 1.82) is 0 Å². The van der Waals surface area contributed by atoms with Crippen LogP contribution in [0, 0.1) is 0 Å². The van der Waals surface area contributed by atoms with E-state index >= 15 is 0 Å². The lowest BCUT2D eigenvalue weighted by molar-refractivity contribution is 0.208. The Hall–Kier alpha value is -0.830. The predicted octanol–water partition coefficient (Wildman–Crippen LogP) is 4.42. The predicted molar refractivity (Wildman–Crippen MR) is 91.9 cm³/mol. The fourth-order valence-electron chi connectivity index (χ4n) is 2.80. The van der Waals surface area contributed by atoms with Crippen LogP contribution in [0.5, 0.6) is 0 Å². The van der Waals surface area contributed by atoms with Gasteiger partial charge >= 0.3 is 0 Å². The quantitative estimate of drug-likeness (QED) is 0.810. The molecule has 21 heavy (non-hydrogen) atoms. The zero-order valence-electron chi connectivity index (χ0n) is 13.4. The normalized spacial score (nSPS) is 18.5. The van der Waals surface area contributed by atoms with Crippen molar-refractivity contribution in [2.45, 2.75) is 45.7 Å². The van der Waals surface area contributed by atoms with Crippen molar-refractivity contribution in [3.63, 3.8) is 0 Å². The third-order valence-corrected chi connectivity index (χ3v) is 4.45. The maximum absolute atomic E-state index is 5.95. The number of rotatable bonds is 5. The number of benzene rings is 1. The number of piperidine rings is 1. The van der Waals surface area contributed by atoms with Crippen molar-refractivity contribution in [1.82, 2.24) is 10.2 Å². The van der Waals surface area contributed by atoms with Gasteiger partial charge in [-0.05, 0) is 64.4 Å². The lowest BCUT2D eigenvalue weighted by atomic mass is 10.0. The lowest BCUT2D eigenvalue weighted by Crippen LogP contribution is -2.43. The van der Waals surface area contributed by atoms with Gasteiger partial charge in [-0.25, -0.2) is 0 Å². The van der Waals surface area contributed by atoms with E-state index in [2.05, 4.69) is 49.2 Å². The summed E-state index contributed by atoms with van der Waals surface area (Å²) in [5.74, 6) is 0. The maximum atomic E-state index is 5.95. The van der Waals surface area contributed by atoms with Crippen LogP contribution in [-0.2, 0) is 0 Å². The second-order valence-corrected chi connectivity index (χ2v) is 6.73. The number of halogens is 1. The largest absolute Gasteiger partial charge is 0.307 e. The molecule has 2 nitrogen and oxygen atoms in total. The fraction of sp³-hybridized carbons (Fsp3) is 0.556. The van der Waals surface area contributed by atoms with Crippen molar-refractivity contribution >= 4 is 11.6 Å². The van der Waals surface area contributed by atoms with Crippen LogP contribution in [0.4, 0.5) is 0 Å². The highest BCUT2D eigenvalue weighted by Gasteiger charge is 2.20. The fourth-order valence-corrected chi connectivity index (χ4v) is 2.92. The summed E-state index contributed by atoms with van der Waals surface area (Å²) in [6, 6.07) is 9.18. The summed E-state index contributed by atoms with van der Waals surface area (Å²) in [4.78, 5) is 2.54. The van der Waals surface area contributed by atoms with Crippen molar-refractivity contribution in [2.24, 2.45) is 0 Å². The minimum Gasteiger partial charge on any atom is -0.307 e. The van der Waals surface area contributed by atoms with Crippen molar-refractivity contribution in [2.75, 3.05) is 19.6 Å². The Morgan fingerprint density at radius 3 is 2.48 bits per heavy atom. The van der Waals surface area contributed by atoms with Crippen molar-refractivity contribution in [3.05, 3.63) is 46.5 Å². The molecule has 1 fully saturated rings. The van der Waals surface area contributed by atoms with E-state index in [1.54, 1.807) is 0 Å². The lowest BCUT2D eigenvalue weighted by Gasteiger charge is -2.33. The van der Waals surface area contributed by atoms with Gasteiger partial charge in [0, 0.05) is 23.7 Å². The molecule has 1 aliphatic rings. The molecule has 0 saturated carbocycles. The highest BCUT2D eigenvalue weighted by molar-refractivity contribution is 6.30. The summed E-state index contributed by atoms with van der Waals surface area (Å²) >= 11 is 5.95. The van der Waals surface area contributed by atoms with Crippen LogP contribution >= 0.6 is 11.6 Å². The molecule has 0 unspecified atom stereocenters. The molecule has 2 rings (SSSR count). The second kappa shape index (κ2) is 7.98. The van der Waals surface area contributed by atoms with Gasteiger partial charge in [0.2, 0.25) is 0 Å². The maximum Gasteiger partial charge on any atom is 0.0406 e. The van der Waals surface area contributed by atoms with Crippen molar-refractivity contribution < 1.29 is 0 Å². The molecule has 1 atom stereocenters. The summed E-state index contributed by atoms with van der Waals surface area (Å²) in [6.45, 7) is 10.0. The van der Waals surface area contributed by atoms with E-state index in [9.17, 15) is 0 Å². The topological polar surface area (TPSA) is 15.3 Å². The molecule has 0 aromatic heterocycles. The van der Waals surface area contributed by atoms with E-state index in [0.29, 0.717) is 12.1 Å².